The molecule has 0 spiro atoms. The molecule has 2 aromatic heterocycles. The van der Waals surface area contributed by atoms with Crippen LogP contribution in [0.25, 0.3) is 0 Å². The first-order chi connectivity index (χ1) is 13.7. The molecule has 1 saturated carbocycles. The maximum atomic E-state index is 12.7. The Morgan fingerprint density at radius 3 is 2.68 bits per heavy atom. The summed E-state index contributed by atoms with van der Waals surface area (Å²) >= 11 is 1.46. The molecule has 28 heavy (non-hydrogen) atoms. The van der Waals surface area contributed by atoms with Crippen LogP contribution >= 0.6 is 11.3 Å². The van der Waals surface area contributed by atoms with Gasteiger partial charge in [0.15, 0.2) is 5.82 Å². The summed E-state index contributed by atoms with van der Waals surface area (Å²) in [4.78, 5) is 23.7. The van der Waals surface area contributed by atoms with Gasteiger partial charge in [-0.15, -0.1) is 11.3 Å². The van der Waals surface area contributed by atoms with Gasteiger partial charge in [-0.3, -0.25) is 4.79 Å². The minimum absolute atomic E-state index is 0.0391. The van der Waals surface area contributed by atoms with Crippen molar-refractivity contribution in [2.24, 2.45) is 5.92 Å². The summed E-state index contributed by atoms with van der Waals surface area (Å²) in [5.41, 5.74) is 2.21. The van der Waals surface area contributed by atoms with Gasteiger partial charge >= 0.3 is 0 Å². The third-order valence-corrected chi connectivity index (χ3v) is 7.11. The van der Waals surface area contributed by atoms with Crippen LogP contribution in [0.2, 0.25) is 0 Å². The van der Waals surface area contributed by atoms with E-state index < -0.39 is 0 Å². The average molecular weight is 403 g/mol. The van der Waals surface area contributed by atoms with Crippen LogP contribution in [0.4, 0.5) is 0 Å². The highest BCUT2D eigenvalue weighted by molar-refractivity contribution is 7.07. The van der Waals surface area contributed by atoms with E-state index in [1.807, 2.05) is 10.3 Å². The first kappa shape index (κ1) is 18.2. The van der Waals surface area contributed by atoms with Gasteiger partial charge < -0.3 is 14.2 Å². The van der Waals surface area contributed by atoms with Gasteiger partial charge in [0.25, 0.3) is 5.91 Å². The van der Waals surface area contributed by atoms with E-state index in [1.165, 1.54) is 24.2 Å². The molecule has 1 aliphatic carbocycles. The first-order valence-electron chi connectivity index (χ1n) is 10.3. The lowest BCUT2D eigenvalue weighted by molar-refractivity contribution is 0.0640. The second-order valence-electron chi connectivity index (χ2n) is 8.44. The Labute approximate surface area is 168 Å². The van der Waals surface area contributed by atoms with Crippen LogP contribution in [0.5, 0.6) is 0 Å². The second-order valence-corrected chi connectivity index (χ2v) is 9.16. The Morgan fingerprint density at radius 1 is 1.21 bits per heavy atom. The SMILES string of the molecule is O=C(c1cscn1)N1CCC(CC2CC2)(c2noc(C3CCOCC3)n2)CC1. The van der Waals surface area contributed by atoms with Crippen LogP contribution in [0.1, 0.15) is 73.1 Å². The van der Waals surface area contributed by atoms with Crippen molar-refractivity contribution in [3.8, 4) is 0 Å². The minimum Gasteiger partial charge on any atom is -0.381 e. The molecule has 2 aliphatic heterocycles. The van der Waals surface area contributed by atoms with Gasteiger partial charge in [-0.05, 0) is 38.0 Å². The number of ether oxygens (including phenoxy) is 1. The molecule has 0 radical (unpaired) electrons. The highest BCUT2D eigenvalue weighted by Crippen LogP contribution is 2.47. The van der Waals surface area contributed by atoms with Gasteiger partial charge in [-0.25, -0.2) is 4.98 Å². The van der Waals surface area contributed by atoms with Crippen molar-refractivity contribution >= 4 is 17.2 Å². The van der Waals surface area contributed by atoms with E-state index in [-0.39, 0.29) is 11.3 Å². The Hall–Kier alpha value is -1.80. The molecule has 5 rings (SSSR count). The lowest BCUT2D eigenvalue weighted by Gasteiger charge is -2.40. The molecular formula is C20H26N4O3S. The monoisotopic (exact) mass is 402 g/mol. The number of likely N-dealkylation sites (tertiary alicyclic amines) is 1. The normalized spacial score (nSPS) is 23.1. The number of aromatic nitrogens is 3. The Balaban J connectivity index is 1.33. The van der Waals surface area contributed by atoms with E-state index in [2.05, 4.69) is 10.1 Å². The number of hydrogen-bond donors (Lipinski definition) is 0. The van der Waals surface area contributed by atoms with E-state index in [0.717, 1.165) is 76.0 Å². The zero-order chi connectivity index (χ0) is 19.0. The number of rotatable bonds is 5. The maximum absolute atomic E-state index is 12.7. The van der Waals surface area contributed by atoms with Crippen LogP contribution in [0.15, 0.2) is 15.4 Å². The first-order valence-corrected chi connectivity index (χ1v) is 11.3. The zero-order valence-electron chi connectivity index (χ0n) is 16.0. The molecule has 150 valence electrons. The fraction of sp³-hybridized carbons (Fsp3) is 0.700. The van der Waals surface area contributed by atoms with Crippen molar-refractivity contribution in [2.45, 2.75) is 56.3 Å². The third kappa shape index (κ3) is 3.59. The number of thiazole rings is 1. The van der Waals surface area contributed by atoms with Gasteiger partial charge in [0.2, 0.25) is 5.89 Å². The standard InChI is InChI=1S/C20H26N4O3S/c25-18(16-12-28-13-21-16)24-7-5-20(6-8-24,11-14-1-2-14)19-22-17(27-23-19)15-3-9-26-10-4-15/h12-15H,1-11H2. The number of hydrogen-bond acceptors (Lipinski definition) is 7. The van der Waals surface area contributed by atoms with Crippen molar-refractivity contribution < 1.29 is 14.1 Å². The van der Waals surface area contributed by atoms with Crippen LogP contribution in [-0.2, 0) is 10.2 Å². The minimum atomic E-state index is -0.0626. The summed E-state index contributed by atoms with van der Waals surface area (Å²) < 4.78 is 11.2. The van der Waals surface area contributed by atoms with E-state index in [4.69, 9.17) is 14.2 Å². The van der Waals surface area contributed by atoms with Crippen LogP contribution in [0, 0.1) is 5.92 Å². The average Bonchev–Trinajstić information content (AvgIpc) is 3.21. The van der Waals surface area contributed by atoms with Crippen LogP contribution < -0.4 is 0 Å². The predicted octanol–water partition coefficient (Wildman–Crippen LogP) is 3.39. The molecule has 4 heterocycles. The van der Waals surface area contributed by atoms with Crippen LogP contribution in [-0.4, -0.2) is 52.2 Å². The number of piperidine rings is 1. The summed E-state index contributed by atoms with van der Waals surface area (Å²) in [6.45, 7) is 2.99. The molecule has 0 unspecified atom stereocenters. The Kier molecular flexibility index (Phi) is 4.92. The quantitative estimate of drug-likeness (QED) is 0.762. The van der Waals surface area contributed by atoms with E-state index in [1.54, 1.807) is 5.51 Å². The van der Waals surface area contributed by atoms with Crippen molar-refractivity contribution in [1.82, 2.24) is 20.0 Å². The Bertz CT molecular complexity index is 803. The van der Waals surface area contributed by atoms with Gasteiger partial charge in [-0.2, -0.15) is 4.98 Å². The predicted molar refractivity (Wildman–Crippen MR) is 103 cm³/mol. The highest BCUT2D eigenvalue weighted by Gasteiger charge is 2.45. The topological polar surface area (TPSA) is 81.4 Å². The van der Waals surface area contributed by atoms with E-state index in [0.29, 0.717) is 11.6 Å². The molecule has 0 bridgehead atoms. The summed E-state index contributed by atoms with van der Waals surface area (Å²) in [6.07, 6.45) is 7.40. The number of carbonyl (C=O) groups is 1. The molecule has 0 N–H and O–H groups in total. The lowest BCUT2D eigenvalue weighted by atomic mass is 9.73. The fourth-order valence-corrected chi connectivity index (χ4v) is 5.10. The Morgan fingerprint density at radius 2 is 2.00 bits per heavy atom. The summed E-state index contributed by atoms with van der Waals surface area (Å²) in [5, 5.41) is 6.27. The molecule has 7 nitrogen and oxygen atoms in total. The highest BCUT2D eigenvalue weighted by atomic mass is 32.1. The van der Waals surface area contributed by atoms with Gasteiger partial charge in [-0.1, -0.05) is 18.0 Å². The second kappa shape index (κ2) is 7.55. The van der Waals surface area contributed by atoms with E-state index >= 15 is 0 Å². The maximum Gasteiger partial charge on any atom is 0.273 e. The molecule has 2 aromatic rings. The summed E-state index contributed by atoms with van der Waals surface area (Å²) in [7, 11) is 0. The molecule has 3 aliphatic rings. The zero-order valence-corrected chi connectivity index (χ0v) is 16.8. The molecule has 3 fully saturated rings. The van der Waals surface area contributed by atoms with Crippen molar-refractivity contribution in [1.29, 1.82) is 0 Å². The number of nitrogens with zero attached hydrogens (tertiary/aromatic N) is 4. The molecule has 0 aromatic carbocycles. The number of carbonyl (C=O) groups excluding carboxylic acids is 1. The summed E-state index contributed by atoms with van der Waals surface area (Å²) in [5.74, 6) is 2.76. The van der Waals surface area contributed by atoms with Crippen molar-refractivity contribution in [3.05, 3.63) is 28.3 Å². The van der Waals surface area contributed by atoms with Crippen molar-refractivity contribution in [2.75, 3.05) is 26.3 Å². The molecule has 2 saturated heterocycles. The fourth-order valence-electron chi connectivity index (χ4n) is 4.57. The van der Waals surface area contributed by atoms with Gasteiger partial charge in [0.05, 0.1) is 5.51 Å². The molecule has 0 atom stereocenters. The largest absolute Gasteiger partial charge is 0.381 e. The number of amides is 1. The van der Waals surface area contributed by atoms with Crippen molar-refractivity contribution in [3.63, 3.8) is 0 Å². The van der Waals surface area contributed by atoms with Gasteiger partial charge in [0, 0.05) is 43.0 Å². The van der Waals surface area contributed by atoms with E-state index in [9.17, 15) is 4.79 Å². The summed E-state index contributed by atoms with van der Waals surface area (Å²) in [6, 6.07) is 0. The smallest absolute Gasteiger partial charge is 0.273 e. The third-order valence-electron chi connectivity index (χ3n) is 6.52. The molecular weight excluding hydrogens is 376 g/mol. The van der Waals surface area contributed by atoms with Crippen LogP contribution in [0.3, 0.4) is 0 Å². The van der Waals surface area contributed by atoms with Gasteiger partial charge in [0.1, 0.15) is 5.69 Å². The lowest BCUT2D eigenvalue weighted by Crippen LogP contribution is -2.46. The molecule has 1 amide bonds. The molecule has 8 heteroatoms.